The first-order valence-corrected chi connectivity index (χ1v) is 12.4. The molecule has 35 heavy (non-hydrogen) atoms. The Morgan fingerprint density at radius 1 is 1.17 bits per heavy atom. The van der Waals surface area contributed by atoms with Gasteiger partial charge in [-0.15, -0.1) is 0 Å². The molecule has 2 aromatic carbocycles. The van der Waals surface area contributed by atoms with E-state index < -0.39 is 27.8 Å². The molecule has 0 aromatic heterocycles. The first-order chi connectivity index (χ1) is 16.1. The largest absolute Gasteiger partial charge is 0.496 e. The number of nitrogens with zero attached hydrogens (tertiary/aromatic N) is 1. The van der Waals surface area contributed by atoms with Gasteiger partial charge in [0, 0.05) is 12.0 Å². The molecule has 0 spiro atoms. The van der Waals surface area contributed by atoms with Crippen molar-refractivity contribution < 1.29 is 27.5 Å². The Balaban J connectivity index is 2.70. The van der Waals surface area contributed by atoms with Crippen molar-refractivity contribution in [1.82, 2.24) is 4.31 Å². The van der Waals surface area contributed by atoms with Crippen LogP contribution < -0.4 is 10.5 Å². The quantitative estimate of drug-likeness (QED) is 0.318. The topological polar surface area (TPSA) is 140 Å². The van der Waals surface area contributed by atoms with Crippen molar-refractivity contribution in [2.75, 3.05) is 7.11 Å². The normalized spacial score (nSPS) is 12.5. The van der Waals surface area contributed by atoms with Crippen LogP contribution in [-0.2, 0) is 26.0 Å². The zero-order chi connectivity index (χ0) is 26.7. The molecule has 1 atom stereocenters. The molecule has 10 heteroatoms. The lowest BCUT2D eigenvalue weighted by Gasteiger charge is -2.31. The van der Waals surface area contributed by atoms with Crippen molar-refractivity contribution in [3.63, 3.8) is 0 Å². The lowest BCUT2D eigenvalue weighted by molar-refractivity contribution is -0.111. The van der Waals surface area contributed by atoms with E-state index in [9.17, 15) is 18.0 Å². The number of nitrogen functional groups attached to an aromatic ring is 1. The second-order valence-electron chi connectivity index (χ2n) is 9.28. The number of hydrogen-bond donors (Lipinski definition) is 2. The smallest absolute Gasteiger partial charge is 0.425 e. The number of carbonyl (C=O) groups is 2. The number of aldehydes is 1. The van der Waals surface area contributed by atoms with Crippen LogP contribution in [0.4, 0.5) is 4.79 Å². The summed E-state index contributed by atoms with van der Waals surface area (Å²) < 4.78 is 39.2. The fourth-order valence-electron chi connectivity index (χ4n) is 3.74. The molecule has 0 saturated carbocycles. The minimum atomic E-state index is -4.53. The maximum atomic E-state index is 14.0. The van der Waals surface area contributed by atoms with Crippen molar-refractivity contribution in [1.29, 1.82) is 5.41 Å². The maximum absolute atomic E-state index is 14.0. The Hall–Kier alpha value is -3.40. The minimum absolute atomic E-state index is 0.0917. The Bertz CT molecular complexity index is 1250. The Morgan fingerprint density at radius 3 is 2.31 bits per heavy atom. The summed E-state index contributed by atoms with van der Waals surface area (Å²) in [6.07, 6.45) is -0.885. The lowest BCUT2D eigenvalue weighted by atomic mass is 10.0. The number of sulfonamides is 1. The van der Waals surface area contributed by atoms with Crippen molar-refractivity contribution in [2.45, 2.75) is 64.5 Å². The average Bonchev–Trinajstić information content (AvgIpc) is 2.74. The summed E-state index contributed by atoms with van der Waals surface area (Å²) in [5, 5.41) is 7.64. The summed E-state index contributed by atoms with van der Waals surface area (Å²) >= 11 is 0. The molecular weight excluding hydrogens is 470 g/mol. The standard InChI is InChI=1S/C25H33N3O6S/c1-15-11-21(33-7)16(2)17(3)22(15)35(31,32)28(24(30)34-25(4,5)6)20(14-29)13-18-9-8-10-19(12-18)23(26)27/h8-12,14,20H,13H2,1-7H3,(H3,26,27)/t20-/m0/s1. The molecule has 0 aliphatic rings. The summed E-state index contributed by atoms with van der Waals surface area (Å²) in [6.45, 7) is 9.76. The highest BCUT2D eigenvalue weighted by Crippen LogP contribution is 2.34. The highest BCUT2D eigenvalue weighted by Gasteiger charge is 2.40. The highest BCUT2D eigenvalue weighted by atomic mass is 32.2. The third kappa shape index (κ3) is 6.19. The van der Waals surface area contributed by atoms with Crippen LogP contribution in [0.15, 0.2) is 35.2 Å². The lowest BCUT2D eigenvalue weighted by Crippen LogP contribution is -2.49. The van der Waals surface area contributed by atoms with E-state index in [0.29, 0.717) is 44.2 Å². The van der Waals surface area contributed by atoms with Gasteiger partial charge in [0.05, 0.1) is 12.0 Å². The van der Waals surface area contributed by atoms with Crippen LogP contribution in [-0.4, -0.2) is 49.7 Å². The van der Waals surface area contributed by atoms with E-state index in [1.807, 2.05) is 0 Å². The number of benzene rings is 2. The molecule has 0 radical (unpaired) electrons. The molecule has 0 saturated heterocycles. The number of amidine groups is 1. The number of carbonyl (C=O) groups excluding carboxylic acids is 2. The van der Waals surface area contributed by atoms with E-state index in [4.69, 9.17) is 20.6 Å². The number of methoxy groups -OCH3 is 1. The molecule has 3 N–H and O–H groups in total. The maximum Gasteiger partial charge on any atom is 0.425 e. The molecule has 1 amide bonds. The number of ether oxygens (including phenoxy) is 2. The number of aryl methyl sites for hydroxylation is 1. The van der Waals surface area contributed by atoms with Crippen LogP contribution in [0.3, 0.4) is 0 Å². The summed E-state index contributed by atoms with van der Waals surface area (Å²) in [6, 6.07) is 6.68. The van der Waals surface area contributed by atoms with Crippen LogP contribution in [0.2, 0.25) is 0 Å². The first kappa shape index (κ1) is 27.8. The molecule has 9 nitrogen and oxygen atoms in total. The molecule has 0 aliphatic heterocycles. The number of hydrogen-bond acceptors (Lipinski definition) is 7. The number of rotatable bonds is 8. The molecule has 190 valence electrons. The van der Waals surface area contributed by atoms with Crippen molar-refractivity contribution >= 4 is 28.2 Å². The van der Waals surface area contributed by atoms with Gasteiger partial charge >= 0.3 is 6.09 Å². The zero-order valence-electron chi connectivity index (χ0n) is 21.1. The highest BCUT2D eigenvalue weighted by molar-refractivity contribution is 7.89. The molecule has 0 unspecified atom stereocenters. The van der Waals surface area contributed by atoms with Gasteiger partial charge in [0.2, 0.25) is 0 Å². The zero-order valence-corrected chi connectivity index (χ0v) is 21.9. The van der Waals surface area contributed by atoms with Crippen LogP contribution in [0.25, 0.3) is 0 Å². The van der Waals surface area contributed by atoms with Gasteiger partial charge in [-0.3, -0.25) is 5.41 Å². The van der Waals surface area contributed by atoms with Crippen LogP contribution in [0, 0.1) is 26.2 Å². The average molecular weight is 504 g/mol. The number of amides is 1. The molecule has 0 bridgehead atoms. The summed E-state index contributed by atoms with van der Waals surface area (Å²) in [4.78, 5) is 25.4. The summed E-state index contributed by atoms with van der Waals surface area (Å²) in [7, 11) is -3.05. The van der Waals surface area contributed by atoms with E-state index in [1.54, 1.807) is 71.9 Å². The molecule has 0 heterocycles. The van der Waals surface area contributed by atoms with E-state index in [1.165, 1.54) is 7.11 Å². The van der Waals surface area contributed by atoms with Gasteiger partial charge in [-0.25, -0.2) is 13.2 Å². The number of nitrogens with two attached hydrogens (primary N) is 1. The van der Waals surface area contributed by atoms with Crippen LogP contribution in [0.1, 0.15) is 48.6 Å². The fourth-order valence-corrected chi connectivity index (χ4v) is 5.66. The van der Waals surface area contributed by atoms with Gasteiger partial charge in [0.1, 0.15) is 29.5 Å². The first-order valence-electron chi connectivity index (χ1n) is 10.9. The molecule has 0 aliphatic carbocycles. The number of nitrogens with one attached hydrogen (secondary N) is 1. The van der Waals surface area contributed by atoms with Crippen molar-refractivity contribution in [3.8, 4) is 5.75 Å². The molecule has 0 fully saturated rings. The molecular formula is C25H33N3O6S. The third-order valence-corrected chi connectivity index (χ3v) is 7.51. The second kappa shape index (κ2) is 10.5. The predicted octanol–water partition coefficient (Wildman–Crippen LogP) is 3.64. The van der Waals surface area contributed by atoms with Crippen molar-refractivity contribution in [2.24, 2.45) is 5.73 Å². The van der Waals surface area contributed by atoms with E-state index in [-0.39, 0.29) is 17.2 Å². The summed E-state index contributed by atoms with van der Waals surface area (Å²) in [5.74, 6) is 0.335. The van der Waals surface area contributed by atoms with Crippen molar-refractivity contribution in [3.05, 3.63) is 58.1 Å². The van der Waals surface area contributed by atoms with Crippen LogP contribution >= 0.6 is 0 Å². The van der Waals surface area contributed by atoms with E-state index in [0.717, 1.165) is 0 Å². The van der Waals surface area contributed by atoms with Crippen LogP contribution in [0.5, 0.6) is 5.75 Å². The predicted molar refractivity (Wildman–Crippen MR) is 133 cm³/mol. The van der Waals surface area contributed by atoms with Gasteiger partial charge in [0.15, 0.2) is 0 Å². The van der Waals surface area contributed by atoms with Gasteiger partial charge in [0.25, 0.3) is 10.0 Å². The minimum Gasteiger partial charge on any atom is -0.496 e. The molecule has 2 aromatic rings. The monoisotopic (exact) mass is 503 g/mol. The van der Waals surface area contributed by atoms with Gasteiger partial charge in [-0.2, -0.15) is 4.31 Å². The third-order valence-electron chi connectivity index (χ3n) is 5.43. The second-order valence-corrected chi connectivity index (χ2v) is 11.0. The Labute approximate surface area is 206 Å². The van der Waals surface area contributed by atoms with E-state index in [2.05, 4.69) is 0 Å². The Morgan fingerprint density at radius 2 is 1.80 bits per heavy atom. The van der Waals surface area contributed by atoms with Gasteiger partial charge in [-0.05, 0) is 75.9 Å². The van der Waals surface area contributed by atoms with Gasteiger partial charge in [-0.1, -0.05) is 18.2 Å². The van der Waals surface area contributed by atoms with E-state index >= 15 is 0 Å². The molecule has 2 rings (SSSR count). The Kier molecular flexibility index (Phi) is 8.33. The van der Waals surface area contributed by atoms with Gasteiger partial charge < -0.3 is 20.0 Å². The fraction of sp³-hybridized carbons (Fsp3) is 0.400. The summed E-state index contributed by atoms with van der Waals surface area (Å²) in [5.41, 5.74) is 6.85. The SMILES string of the molecule is COc1cc(C)c(S(=O)(=O)N(C(=O)OC(C)(C)C)[C@H](C=O)Cc2cccc(C(=N)N)c2)c(C)c1C.